The maximum absolute atomic E-state index is 6.36. The Morgan fingerprint density at radius 3 is 2.44 bits per heavy atom. The number of aromatic nitrogens is 2. The van der Waals surface area contributed by atoms with Crippen LogP contribution in [0.4, 0.5) is 5.69 Å². The molecule has 0 aliphatic heterocycles. The Labute approximate surface area is 111 Å². The molecule has 2 N–H and O–H groups in total. The summed E-state index contributed by atoms with van der Waals surface area (Å²) < 4.78 is 8.34. The van der Waals surface area contributed by atoms with Gasteiger partial charge in [-0.2, -0.15) is 5.10 Å². The second-order valence-corrected chi connectivity index (χ2v) is 11.6. The zero-order valence-electron chi connectivity index (χ0n) is 12.1. The Bertz CT molecular complexity index is 416. The van der Waals surface area contributed by atoms with Crippen LogP contribution in [0.1, 0.15) is 39.7 Å². The molecule has 0 amide bonds. The summed E-state index contributed by atoms with van der Waals surface area (Å²) in [5.74, 6) is 0. The van der Waals surface area contributed by atoms with Gasteiger partial charge in [-0.05, 0) is 31.0 Å². The standard InChI is InChI=1S/C13H25N3OSi/c1-13(2,3)18(4,5)17-12-6-11(7-12)16-9-10(14)8-15-16/h8-9,11-12H,6-7,14H2,1-5H3. The predicted octanol–water partition coefficient (Wildman–Crippen LogP) is 3.19. The smallest absolute Gasteiger partial charge is 0.192 e. The number of nitrogen functional groups attached to an aromatic ring is 1. The largest absolute Gasteiger partial charge is 0.414 e. The van der Waals surface area contributed by atoms with Gasteiger partial charge in [0.15, 0.2) is 8.32 Å². The third-order valence-corrected chi connectivity index (χ3v) is 8.87. The van der Waals surface area contributed by atoms with Crippen LogP contribution in [0.15, 0.2) is 12.4 Å². The van der Waals surface area contributed by atoms with E-state index in [4.69, 9.17) is 10.2 Å². The molecule has 0 radical (unpaired) electrons. The average Bonchev–Trinajstić information content (AvgIpc) is 2.55. The lowest BCUT2D eigenvalue weighted by molar-refractivity contribution is 0.0527. The third kappa shape index (κ3) is 2.62. The van der Waals surface area contributed by atoms with E-state index in [2.05, 4.69) is 39.0 Å². The molecule has 1 aliphatic carbocycles. The van der Waals surface area contributed by atoms with Crippen LogP contribution < -0.4 is 5.73 Å². The fourth-order valence-corrected chi connectivity index (χ4v) is 3.38. The second kappa shape index (κ2) is 4.38. The number of nitrogens with two attached hydrogens (primary N) is 1. The van der Waals surface area contributed by atoms with E-state index in [9.17, 15) is 0 Å². The number of rotatable bonds is 3. The van der Waals surface area contributed by atoms with Crippen LogP contribution >= 0.6 is 0 Å². The fraction of sp³-hybridized carbons (Fsp3) is 0.769. The summed E-state index contributed by atoms with van der Waals surface area (Å²) >= 11 is 0. The highest BCUT2D eigenvalue weighted by Gasteiger charge is 2.42. The van der Waals surface area contributed by atoms with Gasteiger partial charge < -0.3 is 10.2 Å². The molecule has 1 fully saturated rings. The van der Waals surface area contributed by atoms with Crippen LogP contribution in [0.3, 0.4) is 0 Å². The maximum atomic E-state index is 6.36. The molecule has 0 spiro atoms. The first-order valence-corrected chi connectivity index (χ1v) is 9.57. The topological polar surface area (TPSA) is 53.1 Å². The van der Waals surface area contributed by atoms with E-state index >= 15 is 0 Å². The summed E-state index contributed by atoms with van der Waals surface area (Å²) in [6.07, 6.45) is 6.15. The van der Waals surface area contributed by atoms with Crippen molar-refractivity contribution in [3.05, 3.63) is 12.4 Å². The molecule has 0 unspecified atom stereocenters. The molecule has 1 heterocycles. The van der Waals surface area contributed by atoms with E-state index < -0.39 is 8.32 Å². The fourth-order valence-electron chi connectivity index (χ4n) is 2.00. The quantitative estimate of drug-likeness (QED) is 0.856. The van der Waals surface area contributed by atoms with Gasteiger partial charge in [-0.1, -0.05) is 20.8 Å². The van der Waals surface area contributed by atoms with Crippen molar-refractivity contribution >= 4 is 14.0 Å². The van der Waals surface area contributed by atoms with E-state index in [0.29, 0.717) is 12.1 Å². The number of hydrogen-bond acceptors (Lipinski definition) is 3. The Balaban J connectivity index is 1.87. The van der Waals surface area contributed by atoms with Gasteiger partial charge in [-0.15, -0.1) is 0 Å². The van der Waals surface area contributed by atoms with Gasteiger partial charge >= 0.3 is 0 Å². The maximum Gasteiger partial charge on any atom is 0.192 e. The van der Waals surface area contributed by atoms with Gasteiger partial charge in [-0.3, -0.25) is 4.68 Å². The van der Waals surface area contributed by atoms with Crippen molar-refractivity contribution in [1.82, 2.24) is 9.78 Å². The Morgan fingerprint density at radius 1 is 1.39 bits per heavy atom. The van der Waals surface area contributed by atoms with Crippen molar-refractivity contribution in [2.24, 2.45) is 0 Å². The molecule has 2 rings (SSSR count). The third-order valence-electron chi connectivity index (χ3n) is 4.33. The zero-order valence-corrected chi connectivity index (χ0v) is 13.1. The van der Waals surface area contributed by atoms with Crippen molar-refractivity contribution in [2.45, 2.75) is 63.9 Å². The second-order valence-electron chi connectivity index (χ2n) is 6.88. The molecule has 102 valence electrons. The summed E-state index contributed by atoms with van der Waals surface area (Å²) in [5.41, 5.74) is 6.42. The van der Waals surface area contributed by atoms with Crippen LogP contribution in [0, 0.1) is 0 Å². The first kappa shape index (κ1) is 13.6. The molecule has 0 aromatic carbocycles. The van der Waals surface area contributed by atoms with Gasteiger partial charge in [0.1, 0.15) is 0 Å². The lowest BCUT2D eigenvalue weighted by Gasteiger charge is -2.44. The highest BCUT2D eigenvalue weighted by molar-refractivity contribution is 6.74. The van der Waals surface area contributed by atoms with Crippen LogP contribution in [-0.4, -0.2) is 24.2 Å². The molecule has 18 heavy (non-hydrogen) atoms. The minimum absolute atomic E-state index is 0.286. The molecule has 1 aliphatic rings. The molecular formula is C13H25N3OSi. The summed E-state index contributed by atoms with van der Waals surface area (Å²) in [4.78, 5) is 0. The summed E-state index contributed by atoms with van der Waals surface area (Å²) in [5, 5.41) is 4.55. The first-order chi connectivity index (χ1) is 8.19. The molecule has 0 bridgehead atoms. The van der Waals surface area contributed by atoms with E-state index in [-0.39, 0.29) is 5.04 Å². The lowest BCUT2D eigenvalue weighted by atomic mass is 9.90. The van der Waals surface area contributed by atoms with Crippen molar-refractivity contribution in [1.29, 1.82) is 0 Å². The monoisotopic (exact) mass is 267 g/mol. The van der Waals surface area contributed by atoms with E-state index in [0.717, 1.165) is 18.5 Å². The van der Waals surface area contributed by atoms with Crippen molar-refractivity contribution < 1.29 is 4.43 Å². The van der Waals surface area contributed by atoms with Crippen molar-refractivity contribution in [3.63, 3.8) is 0 Å². The highest BCUT2D eigenvalue weighted by atomic mass is 28.4. The molecular weight excluding hydrogens is 242 g/mol. The predicted molar refractivity (Wildman–Crippen MR) is 77.0 cm³/mol. The highest BCUT2D eigenvalue weighted by Crippen LogP contribution is 2.42. The summed E-state index contributed by atoms with van der Waals surface area (Å²) in [6, 6.07) is 0.470. The van der Waals surface area contributed by atoms with Crippen LogP contribution in [0.2, 0.25) is 18.1 Å². The average molecular weight is 267 g/mol. The zero-order chi connectivity index (χ0) is 13.6. The Morgan fingerprint density at radius 2 is 2.00 bits per heavy atom. The summed E-state index contributed by atoms with van der Waals surface area (Å²) in [7, 11) is -1.62. The van der Waals surface area contributed by atoms with Gasteiger partial charge in [0.05, 0.1) is 17.9 Å². The normalized spacial score (nSPS) is 24.9. The SMILES string of the molecule is CC(C)(C)[Si](C)(C)OC1CC(n2cc(N)cn2)C1. The molecule has 0 saturated heterocycles. The van der Waals surface area contributed by atoms with Gasteiger partial charge in [0, 0.05) is 12.3 Å². The Hall–Kier alpha value is -0.813. The van der Waals surface area contributed by atoms with Gasteiger partial charge in [0.2, 0.25) is 0 Å². The van der Waals surface area contributed by atoms with Gasteiger partial charge in [0.25, 0.3) is 0 Å². The first-order valence-electron chi connectivity index (χ1n) is 6.66. The van der Waals surface area contributed by atoms with Gasteiger partial charge in [-0.25, -0.2) is 0 Å². The summed E-state index contributed by atoms with van der Waals surface area (Å²) in [6.45, 7) is 11.5. The van der Waals surface area contributed by atoms with Crippen LogP contribution in [0.5, 0.6) is 0 Å². The molecule has 1 aromatic rings. The molecule has 0 atom stereocenters. The van der Waals surface area contributed by atoms with E-state index in [1.165, 1.54) is 0 Å². The minimum Gasteiger partial charge on any atom is -0.414 e. The van der Waals surface area contributed by atoms with E-state index in [1.54, 1.807) is 6.20 Å². The molecule has 5 heteroatoms. The molecule has 1 saturated carbocycles. The lowest BCUT2D eigenvalue weighted by Crippen LogP contribution is -2.47. The van der Waals surface area contributed by atoms with Crippen LogP contribution in [-0.2, 0) is 4.43 Å². The van der Waals surface area contributed by atoms with E-state index in [1.807, 2.05) is 10.9 Å². The van der Waals surface area contributed by atoms with Crippen molar-refractivity contribution in [2.75, 3.05) is 5.73 Å². The number of nitrogens with zero attached hydrogens (tertiary/aromatic N) is 2. The minimum atomic E-state index is -1.62. The van der Waals surface area contributed by atoms with Crippen molar-refractivity contribution in [3.8, 4) is 0 Å². The van der Waals surface area contributed by atoms with Crippen LogP contribution in [0.25, 0.3) is 0 Å². The Kier molecular flexibility index (Phi) is 3.31. The molecule has 4 nitrogen and oxygen atoms in total. The molecule has 1 aromatic heterocycles. The number of anilines is 1. The number of hydrogen-bond donors (Lipinski definition) is 1.